The first kappa shape index (κ1) is 12.8. The summed E-state index contributed by atoms with van der Waals surface area (Å²) in [7, 11) is 1.96. The molecule has 2 rings (SSSR count). The van der Waals surface area contributed by atoms with E-state index in [1.54, 1.807) is 0 Å². The van der Waals surface area contributed by atoms with Crippen molar-refractivity contribution in [2.75, 3.05) is 7.05 Å². The first-order valence-corrected chi connectivity index (χ1v) is 6.21. The molecule has 0 radical (unpaired) electrons. The summed E-state index contributed by atoms with van der Waals surface area (Å²) in [6.45, 7) is 8.04. The molecule has 0 saturated heterocycles. The molecule has 0 aromatic carbocycles. The van der Waals surface area contributed by atoms with Gasteiger partial charge < -0.3 is 9.73 Å². The second-order valence-corrected chi connectivity index (χ2v) is 4.72. The highest BCUT2D eigenvalue weighted by molar-refractivity contribution is 5.36. The lowest BCUT2D eigenvalue weighted by molar-refractivity contribution is 0.496. The number of nitrogens with zero attached hydrogens (tertiary/aromatic N) is 1. The topological polar surface area (TPSA) is 38.1 Å². The van der Waals surface area contributed by atoms with Gasteiger partial charge in [0.05, 0.1) is 6.04 Å². The smallest absolute Gasteiger partial charge is 0.106 e. The van der Waals surface area contributed by atoms with E-state index in [1.807, 2.05) is 27.8 Å². The summed E-state index contributed by atoms with van der Waals surface area (Å²) in [4.78, 5) is 4.53. The number of aryl methyl sites for hydroxylation is 4. The molecule has 18 heavy (non-hydrogen) atoms. The standard InChI is InChI=1S/C15H20N2O/c1-9-6-7-13(11(3)17-9)15(16-5)14-8-10(2)18-12(14)4/h6-8,15-16H,1-5H3. The van der Waals surface area contributed by atoms with Crippen molar-refractivity contribution >= 4 is 0 Å². The van der Waals surface area contributed by atoms with Gasteiger partial charge in [0.1, 0.15) is 11.5 Å². The molecular formula is C15H20N2O. The molecule has 0 aliphatic heterocycles. The Morgan fingerprint density at radius 2 is 1.83 bits per heavy atom. The van der Waals surface area contributed by atoms with Crippen molar-refractivity contribution in [3.63, 3.8) is 0 Å². The van der Waals surface area contributed by atoms with Gasteiger partial charge in [-0.25, -0.2) is 0 Å². The van der Waals surface area contributed by atoms with Crippen LogP contribution in [0.2, 0.25) is 0 Å². The molecule has 1 N–H and O–H groups in total. The van der Waals surface area contributed by atoms with Gasteiger partial charge in [0.25, 0.3) is 0 Å². The first-order valence-electron chi connectivity index (χ1n) is 6.21. The van der Waals surface area contributed by atoms with Crippen molar-refractivity contribution < 1.29 is 4.42 Å². The molecule has 1 atom stereocenters. The van der Waals surface area contributed by atoms with Crippen LogP contribution >= 0.6 is 0 Å². The third kappa shape index (κ3) is 2.31. The number of rotatable bonds is 3. The number of nitrogens with one attached hydrogen (secondary N) is 1. The quantitative estimate of drug-likeness (QED) is 0.901. The second-order valence-electron chi connectivity index (χ2n) is 4.72. The van der Waals surface area contributed by atoms with Crippen LogP contribution in [0, 0.1) is 27.7 Å². The van der Waals surface area contributed by atoms with E-state index >= 15 is 0 Å². The maximum Gasteiger partial charge on any atom is 0.106 e. The average molecular weight is 244 g/mol. The van der Waals surface area contributed by atoms with Crippen LogP contribution in [0.25, 0.3) is 0 Å². The molecule has 2 aromatic heterocycles. The van der Waals surface area contributed by atoms with Crippen LogP contribution in [0.1, 0.15) is 40.1 Å². The molecular weight excluding hydrogens is 224 g/mol. The lowest BCUT2D eigenvalue weighted by Crippen LogP contribution is -2.19. The molecule has 3 heteroatoms. The van der Waals surface area contributed by atoms with Gasteiger partial charge in [-0.1, -0.05) is 6.07 Å². The summed E-state index contributed by atoms with van der Waals surface area (Å²) in [5.74, 6) is 1.91. The van der Waals surface area contributed by atoms with Gasteiger partial charge in [-0.05, 0) is 52.4 Å². The number of hydrogen-bond acceptors (Lipinski definition) is 3. The van der Waals surface area contributed by atoms with Crippen molar-refractivity contribution in [2.45, 2.75) is 33.7 Å². The highest BCUT2D eigenvalue weighted by Crippen LogP contribution is 2.28. The summed E-state index contributed by atoms with van der Waals surface area (Å²) in [6.07, 6.45) is 0. The van der Waals surface area contributed by atoms with Crippen molar-refractivity contribution in [3.8, 4) is 0 Å². The Morgan fingerprint density at radius 3 is 2.33 bits per heavy atom. The van der Waals surface area contributed by atoms with E-state index in [4.69, 9.17) is 4.42 Å². The summed E-state index contributed by atoms with van der Waals surface area (Å²) >= 11 is 0. The Labute approximate surface area is 108 Å². The van der Waals surface area contributed by atoms with Crippen LogP contribution in [0.4, 0.5) is 0 Å². The van der Waals surface area contributed by atoms with Gasteiger partial charge in [-0.3, -0.25) is 4.98 Å². The predicted molar refractivity (Wildman–Crippen MR) is 72.8 cm³/mol. The number of furan rings is 1. The third-order valence-corrected chi connectivity index (χ3v) is 3.26. The monoisotopic (exact) mass is 244 g/mol. The lowest BCUT2D eigenvalue weighted by Gasteiger charge is -2.18. The molecule has 96 valence electrons. The van der Waals surface area contributed by atoms with E-state index in [2.05, 4.69) is 35.4 Å². The van der Waals surface area contributed by atoms with Gasteiger partial charge in [0.2, 0.25) is 0 Å². The number of aromatic nitrogens is 1. The van der Waals surface area contributed by atoms with E-state index in [0.717, 1.165) is 22.9 Å². The zero-order valence-corrected chi connectivity index (χ0v) is 11.7. The fourth-order valence-corrected chi connectivity index (χ4v) is 2.42. The van der Waals surface area contributed by atoms with Crippen LogP contribution in [0.15, 0.2) is 22.6 Å². The zero-order chi connectivity index (χ0) is 13.3. The lowest BCUT2D eigenvalue weighted by atomic mass is 9.97. The van der Waals surface area contributed by atoms with Crippen molar-refractivity contribution in [3.05, 3.63) is 52.2 Å². The minimum absolute atomic E-state index is 0.135. The number of hydrogen-bond donors (Lipinski definition) is 1. The van der Waals surface area contributed by atoms with Gasteiger partial charge in [-0.2, -0.15) is 0 Å². The van der Waals surface area contributed by atoms with Crippen LogP contribution in [0.3, 0.4) is 0 Å². The summed E-state index contributed by atoms with van der Waals surface area (Å²) in [5, 5.41) is 3.35. The Balaban J connectivity index is 2.48. The average Bonchev–Trinajstić information content (AvgIpc) is 2.62. The Morgan fingerprint density at radius 1 is 1.11 bits per heavy atom. The zero-order valence-electron chi connectivity index (χ0n) is 11.7. The highest BCUT2D eigenvalue weighted by atomic mass is 16.3. The highest BCUT2D eigenvalue weighted by Gasteiger charge is 2.19. The molecule has 0 bridgehead atoms. The van der Waals surface area contributed by atoms with Gasteiger partial charge >= 0.3 is 0 Å². The maximum atomic E-state index is 5.62. The molecule has 0 fully saturated rings. The van der Waals surface area contributed by atoms with E-state index in [-0.39, 0.29) is 6.04 Å². The van der Waals surface area contributed by atoms with Crippen LogP contribution in [-0.4, -0.2) is 12.0 Å². The Bertz CT molecular complexity index is 558. The Kier molecular flexibility index (Phi) is 3.53. The molecule has 0 aliphatic rings. The molecule has 0 saturated carbocycles. The number of pyridine rings is 1. The SMILES string of the molecule is CNC(c1ccc(C)nc1C)c1cc(C)oc1C. The van der Waals surface area contributed by atoms with Gasteiger partial charge in [0, 0.05) is 17.0 Å². The Hall–Kier alpha value is -1.61. The minimum Gasteiger partial charge on any atom is -0.466 e. The molecule has 0 amide bonds. The van der Waals surface area contributed by atoms with E-state index < -0.39 is 0 Å². The fourth-order valence-electron chi connectivity index (χ4n) is 2.42. The molecule has 0 spiro atoms. The van der Waals surface area contributed by atoms with E-state index in [1.165, 1.54) is 11.1 Å². The predicted octanol–water partition coefficient (Wildman–Crippen LogP) is 3.22. The third-order valence-electron chi connectivity index (χ3n) is 3.26. The molecule has 2 heterocycles. The molecule has 0 aliphatic carbocycles. The summed E-state index contributed by atoms with van der Waals surface area (Å²) in [5.41, 5.74) is 4.49. The van der Waals surface area contributed by atoms with Crippen molar-refractivity contribution in [1.82, 2.24) is 10.3 Å². The van der Waals surface area contributed by atoms with Crippen LogP contribution in [-0.2, 0) is 0 Å². The van der Waals surface area contributed by atoms with E-state index in [9.17, 15) is 0 Å². The summed E-state index contributed by atoms with van der Waals surface area (Å²) < 4.78 is 5.62. The largest absolute Gasteiger partial charge is 0.466 e. The first-order chi connectivity index (χ1) is 8.52. The fraction of sp³-hybridized carbons (Fsp3) is 0.400. The second kappa shape index (κ2) is 4.94. The summed E-state index contributed by atoms with van der Waals surface area (Å²) in [6, 6.07) is 6.42. The van der Waals surface area contributed by atoms with Crippen LogP contribution in [0.5, 0.6) is 0 Å². The normalized spacial score (nSPS) is 12.7. The minimum atomic E-state index is 0.135. The van der Waals surface area contributed by atoms with Crippen molar-refractivity contribution in [1.29, 1.82) is 0 Å². The molecule has 1 unspecified atom stereocenters. The van der Waals surface area contributed by atoms with Crippen molar-refractivity contribution in [2.24, 2.45) is 0 Å². The maximum absolute atomic E-state index is 5.62. The van der Waals surface area contributed by atoms with Gasteiger partial charge in [-0.15, -0.1) is 0 Å². The molecule has 2 aromatic rings. The van der Waals surface area contributed by atoms with Crippen LogP contribution < -0.4 is 5.32 Å². The van der Waals surface area contributed by atoms with Gasteiger partial charge in [0.15, 0.2) is 0 Å². The molecule has 3 nitrogen and oxygen atoms in total. The van der Waals surface area contributed by atoms with E-state index in [0.29, 0.717) is 0 Å².